The fourth-order valence-corrected chi connectivity index (χ4v) is 2.47. The molecule has 0 spiro atoms. The molecule has 0 bridgehead atoms. The van der Waals surface area contributed by atoms with E-state index in [1.54, 1.807) is 23.8 Å². The van der Waals surface area contributed by atoms with Crippen molar-refractivity contribution in [2.45, 2.75) is 20.3 Å². The van der Waals surface area contributed by atoms with Crippen LogP contribution in [0, 0.1) is 25.5 Å². The van der Waals surface area contributed by atoms with Crippen LogP contribution in [0.25, 0.3) is 0 Å². The van der Waals surface area contributed by atoms with E-state index in [1.165, 1.54) is 12.1 Å². The minimum Gasteiger partial charge on any atom is -0.380 e. The van der Waals surface area contributed by atoms with Crippen LogP contribution in [0.3, 0.4) is 0 Å². The number of anilines is 1. The molecule has 18 heavy (non-hydrogen) atoms. The second-order valence-corrected chi connectivity index (χ2v) is 5.03. The van der Waals surface area contributed by atoms with Crippen LogP contribution < -0.4 is 5.32 Å². The van der Waals surface area contributed by atoms with Crippen LogP contribution >= 0.6 is 11.3 Å². The summed E-state index contributed by atoms with van der Waals surface area (Å²) in [7, 11) is 0. The van der Waals surface area contributed by atoms with Gasteiger partial charge in [0.05, 0.1) is 11.2 Å². The van der Waals surface area contributed by atoms with Gasteiger partial charge in [0.15, 0.2) is 5.82 Å². The molecule has 2 aromatic rings. The van der Waals surface area contributed by atoms with E-state index < -0.39 is 11.6 Å². The van der Waals surface area contributed by atoms with Gasteiger partial charge in [0.25, 0.3) is 0 Å². The van der Waals surface area contributed by atoms with Gasteiger partial charge in [-0.1, -0.05) is 6.07 Å². The zero-order valence-electron chi connectivity index (χ0n) is 10.3. The van der Waals surface area contributed by atoms with Gasteiger partial charge in [0, 0.05) is 17.8 Å². The van der Waals surface area contributed by atoms with Crippen LogP contribution in [0.1, 0.15) is 16.1 Å². The zero-order chi connectivity index (χ0) is 13.1. The third kappa shape index (κ3) is 2.67. The summed E-state index contributed by atoms with van der Waals surface area (Å²) in [6.45, 7) is 4.04. The first-order valence-electron chi connectivity index (χ1n) is 5.67. The lowest BCUT2D eigenvalue weighted by molar-refractivity contribution is 0.582. The standard InChI is InChI=1S/C13H14F2N2S/c1-8-3-4-10(14)13(12(8)15)16-6-5-11-9(2)17-7-18-11/h3-4,7,16H,5-6H2,1-2H3. The maximum absolute atomic E-state index is 13.7. The van der Waals surface area contributed by atoms with Crippen molar-refractivity contribution in [1.29, 1.82) is 0 Å². The molecule has 0 radical (unpaired) electrons. The Bertz CT molecular complexity index is 552. The molecule has 0 aliphatic carbocycles. The Labute approximate surface area is 109 Å². The molecular formula is C13H14F2N2S. The number of rotatable bonds is 4. The number of aromatic nitrogens is 1. The van der Waals surface area contributed by atoms with E-state index in [1.807, 2.05) is 6.92 Å². The zero-order valence-corrected chi connectivity index (χ0v) is 11.1. The summed E-state index contributed by atoms with van der Waals surface area (Å²) in [4.78, 5) is 5.27. The second-order valence-electron chi connectivity index (χ2n) is 4.09. The molecule has 0 atom stereocenters. The van der Waals surface area contributed by atoms with Crippen LogP contribution in [0.5, 0.6) is 0 Å². The fourth-order valence-electron chi connectivity index (χ4n) is 1.69. The molecule has 1 aromatic heterocycles. The molecule has 1 aromatic carbocycles. The average molecular weight is 268 g/mol. The van der Waals surface area contributed by atoms with Crippen LogP contribution in [-0.2, 0) is 6.42 Å². The Morgan fingerprint density at radius 3 is 2.72 bits per heavy atom. The normalized spacial score (nSPS) is 10.7. The third-order valence-electron chi connectivity index (χ3n) is 2.78. The number of benzene rings is 1. The molecule has 2 rings (SSSR count). The molecule has 0 unspecified atom stereocenters. The molecule has 5 heteroatoms. The van der Waals surface area contributed by atoms with Gasteiger partial charge in [-0.25, -0.2) is 13.8 Å². The van der Waals surface area contributed by atoms with Crippen LogP contribution in [-0.4, -0.2) is 11.5 Å². The van der Waals surface area contributed by atoms with E-state index in [-0.39, 0.29) is 5.69 Å². The highest BCUT2D eigenvalue weighted by atomic mass is 32.1. The highest BCUT2D eigenvalue weighted by molar-refractivity contribution is 7.09. The first-order chi connectivity index (χ1) is 8.59. The van der Waals surface area contributed by atoms with E-state index in [0.717, 1.165) is 10.6 Å². The number of hydrogen-bond donors (Lipinski definition) is 1. The Morgan fingerprint density at radius 1 is 1.28 bits per heavy atom. The molecular weight excluding hydrogens is 254 g/mol. The highest BCUT2D eigenvalue weighted by Crippen LogP contribution is 2.22. The molecule has 96 valence electrons. The molecule has 0 amide bonds. The minimum absolute atomic E-state index is 0.0443. The average Bonchev–Trinajstić information content (AvgIpc) is 2.74. The van der Waals surface area contributed by atoms with E-state index in [4.69, 9.17) is 0 Å². The smallest absolute Gasteiger partial charge is 0.152 e. The maximum Gasteiger partial charge on any atom is 0.152 e. The topological polar surface area (TPSA) is 24.9 Å². The van der Waals surface area contributed by atoms with Crippen molar-refractivity contribution in [3.8, 4) is 0 Å². The molecule has 1 heterocycles. The summed E-state index contributed by atoms with van der Waals surface area (Å²) in [5.74, 6) is -1.07. The van der Waals surface area contributed by atoms with Gasteiger partial charge >= 0.3 is 0 Å². The predicted octanol–water partition coefficient (Wildman–Crippen LogP) is 3.69. The summed E-state index contributed by atoms with van der Waals surface area (Å²) >= 11 is 1.56. The third-order valence-corrected chi connectivity index (χ3v) is 3.78. The van der Waals surface area contributed by atoms with Crippen molar-refractivity contribution in [2.24, 2.45) is 0 Å². The summed E-state index contributed by atoms with van der Waals surface area (Å²) in [5, 5.41) is 2.82. The van der Waals surface area contributed by atoms with Gasteiger partial charge < -0.3 is 5.32 Å². The predicted molar refractivity (Wildman–Crippen MR) is 70.1 cm³/mol. The summed E-state index contributed by atoms with van der Waals surface area (Å²) in [5.41, 5.74) is 3.15. The number of nitrogens with zero attached hydrogens (tertiary/aromatic N) is 1. The number of halogens is 2. The van der Waals surface area contributed by atoms with Crippen molar-refractivity contribution < 1.29 is 8.78 Å². The van der Waals surface area contributed by atoms with Gasteiger partial charge in [-0.2, -0.15) is 0 Å². The number of thiazole rings is 1. The molecule has 2 nitrogen and oxygen atoms in total. The summed E-state index contributed by atoms with van der Waals surface area (Å²) in [6, 6.07) is 2.71. The van der Waals surface area contributed by atoms with Crippen molar-refractivity contribution in [1.82, 2.24) is 4.98 Å². The molecule has 0 saturated carbocycles. The highest BCUT2D eigenvalue weighted by Gasteiger charge is 2.11. The van der Waals surface area contributed by atoms with Crippen molar-refractivity contribution in [3.63, 3.8) is 0 Å². The lowest BCUT2D eigenvalue weighted by Gasteiger charge is -2.09. The molecule has 0 aliphatic rings. The van der Waals surface area contributed by atoms with Crippen molar-refractivity contribution >= 4 is 17.0 Å². The number of aryl methyl sites for hydroxylation is 2. The van der Waals surface area contributed by atoms with Gasteiger partial charge in [-0.05, 0) is 25.5 Å². The molecule has 0 saturated heterocycles. The van der Waals surface area contributed by atoms with Crippen LogP contribution in [0.2, 0.25) is 0 Å². The molecule has 0 fully saturated rings. The second kappa shape index (κ2) is 5.44. The first-order valence-corrected chi connectivity index (χ1v) is 6.55. The SMILES string of the molecule is Cc1ccc(F)c(NCCc2scnc2C)c1F. The Morgan fingerprint density at radius 2 is 2.06 bits per heavy atom. The lowest BCUT2D eigenvalue weighted by atomic mass is 10.2. The fraction of sp³-hybridized carbons (Fsp3) is 0.308. The minimum atomic E-state index is -0.556. The maximum atomic E-state index is 13.7. The molecule has 0 aliphatic heterocycles. The summed E-state index contributed by atoms with van der Waals surface area (Å²) < 4.78 is 27.2. The van der Waals surface area contributed by atoms with E-state index >= 15 is 0 Å². The number of hydrogen-bond acceptors (Lipinski definition) is 3. The van der Waals surface area contributed by atoms with Gasteiger partial charge in [-0.3, -0.25) is 0 Å². The largest absolute Gasteiger partial charge is 0.380 e. The van der Waals surface area contributed by atoms with Crippen LogP contribution in [0.15, 0.2) is 17.6 Å². The lowest BCUT2D eigenvalue weighted by Crippen LogP contribution is -2.08. The Hall–Kier alpha value is -1.49. The summed E-state index contributed by atoms with van der Waals surface area (Å²) in [6.07, 6.45) is 0.712. The Balaban J connectivity index is 2.03. The van der Waals surface area contributed by atoms with E-state index in [9.17, 15) is 8.78 Å². The Kier molecular flexibility index (Phi) is 3.91. The monoisotopic (exact) mass is 268 g/mol. The van der Waals surface area contributed by atoms with Gasteiger partial charge in [0.1, 0.15) is 11.5 Å². The van der Waals surface area contributed by atoms with Gasteiger partial charge in [-0.15, -0.1) is 11.3 Å². The van der Waals surface area contributed by atoms with Crippen molar-refractivity contribution in [2.75, 3.05) is 11.9 Å². The van der Waals surface area contributed by atoms with E-state index in [2.05, 4.69) is 10.3 Å². The quantitative estimate of drug-likeness (QED) is 0.914. The van der Waals surface area contributed by atoms with Crippen LogP contribution in [0.4, 0.5) is 14.5 Å². The van der Waals surface area contributed by atoms with Crippen molar-refractivity contribution in [3.05, 3.63) is 45.4 Å². The molecule has 1 N–H and O–H groups in total. The van der Waals surface area contributed by atoms with E-state index in [0.29, 0.717) is 18.5 Å². The number of nitrogens with one attached hydrogen (secondary N) is 1. The van der Waals surface area contributed by atoms with Gasteiger partial charge in [0.2, 0.25) is 0 Å². The first kappa shape index (κ1) is 13.0.